The van der Waals surface area contributed by atoms with Crippen molar-refractivity contribution in [2.45, 2.75) is 13.8 Å². The molecule has 0 N–H and O–H groups in total. The van der Waals surface area contributed by atoms with Gasteiger partial charge in [-0.2, -0.15) is 0 Å². The highest BCUT2D eigenvalue weighted by Gasteiger charge is 2.30. The molecule has 0 atom stereocenters. The minimum atomic E-state index is -0.0787. The summed E-state index contributed by atoms with van der Waals surface area (Å²) in [5.41, 5.74) is -0.0787. The molecular formula is C7H13Cl3. The zero-order chi connectivity index (χ0) is 8.20. The highest BCUT2D eigenvalue weighted by molar-refractivity contribution is 6.24. The van der Waals surface area contributed by atoms with Gasteiger partial charge < -0.3 is 0 Å². The Morgan fingerprint density at radius 1 is 1.00 bits per heavy atom. The molecule has 0 fully saturated rings. The van der Waals surface area contributed by atoms with Crippen molar-refractivity contribution < 1.29 is 0 Å². The first-order chi connectivity index (χ1) is 4.63. The van der Waals surface area contributed by atoms with Crippen LogP contribution < -0.4 is 0 Å². The van der Waals surface area contributed by atoms with Crippen molar-refractivity contribution in [3.63, 3.8) is 0 Å². The molecule has 0 radical (unpaired) electrons. The molecule has 0 heterocycles. The maximum Gasteiger partial charge on any atom is 0.0305 e. The van der Waals surface area contributed by atoms with Gasteiger partial charge in [-0.3, -0.25) is 0 Å². The summed E-state index contributed by atoms with van der Waals surface area (Å²) in [6, 6.07) is 0. The summed E-state index contributed by atoms with van der Waals surface area (Å²) in [5, 5.41) is 0. The van der Waals surface area contributed by atoms with E-state index < -0.39 is 0 Å². The molecule has 0 aromatic rings. The first kappa shape index (κ1) is 10.9. The molecule has 0 unspecified atom stereocenters. The normalized spacial score (nSPS) is 12.6. The fourth-order valence-electron chi connectivity index (χ4n) is 0.570. The van der Waals surface area contributed by atoms with E-state index in [1.54, 1.807) is 0 Å². The van der Waals surface area contributed by atoms with E-state index in [4.69, 9.17) is 34.8 Å². The highest BCUT2D eigenvalue weighted by atomic mass is 35.5. The van der Waals surface area contributed by atoms with E-state index >= 15 is 0 Å². The number of hydrogen-bond acceptors (Lipinski definition) is 0. The van der Waals surface area contributed by atoms with Crippen LogP contribution in [0, 0.1) is 11.3 Å². The minimum Gasteiger partial charge on any atom is -0.126 e. The van der Waals surface area contributed by atoms with Gasteiger partial charge >= 0.3 is 0 Å². The Hall–Kier alpha value is 0.870. The third-order valence-corrected chi connectivity index (χ3v) is 3.62. The molecule has 62 valence electrons. The third kappa shape index (κ3) is 2.18. The van der Waals surface area contributed by atoms with Crippen LogP contribution in [-0.2, 0) is 0 Å². The van der Waals surface area contributed by atoms with Crippen molar-refractivity contribution >= 4 is 34.8 Å². The topological polar surface area (TPSA) is 0 Å². The SMILES string of the molecule is CC(C)C(CCl)(CCl)CCl. The number of hydrogen-bond donors (Lipinski definition) is 0. The monoisotopic (exact) mass is 202 g/mol. The Morgan fingerprint density at radius 2 is 1.30 bits per heavy atom. The van der Waals surface area contributed by atoms with Crippen molar-refractivity contribution in [1.82, 2.24) is 0 Å². The van der Waals surface area contributed by atoms with Gasteiger partial charge in [0.05, 0.1) is 0 Å². The van der Waals surface area contributed by atoms with E-state index in [0.717, 1.165) is 0 Å². The van der Waals surface area contributed by atoms with E-state index in [9.17, 15) is 0 Å². The minimum absolute atomic E-state index is 0.0787. The zero-order valence-electron chi connectivity index (χ0n) is 6.33. The van der Waals surface area contributed by atoms with Crippen LogP contribution in [0.25, 0.3) is 0 Å². The van der Waals surface area contributed by atoms with Gasteiger partial charge in [-0.05, 0) is 5.92 Å². The van der Waals surface area contributed by atoms with E-state index in [1.807, 2.05) is 0 Å². The first-order valence-electron chi connectivity index (χ1n) is 3.31. The first-order valence-corrected chi connectivity index (χ1v) is 4.91. The molecule has 0 rings (SSSR count). The Kier molecular flexibility index (Phi) is 5.10. The lowest BCUT2D eigenvalue weighted by atomic mass is 9.83. The molecule has 0 aromatic heterocycles. The molecular weight excluding hydrogens is 190 g/mol. The summed E-state index contributed by atoms with van der Waals surface area (Å²) in [5.74, 6) is 2.06. The lowest BCUT2D eigenvalue weighted by Crippen LogP contribution is -2.33. The standard InChI is InChI=1S/C7H13Cl3/c1-6(2)7(3-8,4-9)5-10/h6H,3-5H2,1-2H3. The molecule has 0 aliphatic rings. The van der Waals surface area contributed by atoms with Gasteiger partial charge in [0.2, 0.25) is 0 Å². The average Bonchev–Trinajstić information content (AvgIpc) is 1.92. The summed E-state index contributed by atoms with van der Waals surface area (Å²) in [7, 11) is 0. The van der Waals surface area contributed by atoms with Crippen molar-refractivity contribution in [1.29, 1.82) is 0 Å². The second-order valence-electron chi connectivity index (χ2n) is 2.92. The second-order valence-corrected chi connectivity index (χ2v) is 3.72. The molecule has 0 amide bonds. The van der Waals surface area contributed by atoms with Gasteiger partial charge in [-0.25, -0.2) is 0 Å². The number of halogens is 3. The fraction of sp³-hybridized carbons (Fsp3) is 1.00. The van der Waals surface area contributed by atoms with Crippen LogP contribution in [0.3, 0.4) is 0 Å². The van der Waals surface area contributed by atoms with Gasteiger partial charge in [-0.15, -0.1) is 34.8 Å². The van der Waals surface area contributed by atoms with Gasteiger partial charge in [0.1, 0.15) is 0 Å². The maximum atomic E-state index is 5.75. The van der Waals surface area contributed by atoms with Crippen LogP contribution in [0.15, 0.2) is 0 Å². The summed E-state index contributed by atoms with van der Waals surface area (Å²) >= 11 is 17.3. The van der Waals surface area contributed by atoms with E-state index in [2.05, 4.69) is 13.8 Å². The number of rotatable bonds is 4. The molecule has 0 saturated carbocycles. The van der Waals surface area contributed by atoms with Gasteiger partial charge in [0, 0.05) is 23.1 Å². The van der Waals surface area contributed by atoms with E-state index in [-0.39, 0.29) is 5.41 Å². The highest BCUT2D eigenvalue weighted by Crippen LogP contribution is 2.31. The summed E-state index contributed by atoms with van der Waals surface area (Å²) in [6.07, 6.45) is 0. The Morgan fingerprint density at radius 3 is 1.30 bits per heavy atom. The molecule has 0 aliphatic carbocycles. The van der Waals surface area contributed by atoms with Crippen molar-refractivity contribution in [3.05, 3.63) is 0 Å². The lowest BCUT2D eigenvalue weighted by Gasteiger charge is -2.31. The third-order valence-electron chi connectivity index (χ3n) is 2.02. The largest absolute Gasteiger partial charge is 0.126 e. The number of alkyl halides is 3. The maximum absolute atomic E-state index is 5.75. The molecule has 0 aromatic carbocycles. The Bertz CT molecular complexity index is 78.6. The molecule has 0 bridgehead atoms. The molecule has 10 heavy (non-hydrogen) atoms. The van der Waals surface area contributed by atoms with Crippen molar-refractivity contribution in [2.75, 3.05) is 17.6 Å². The van der Waals surface area contributed by atoms with E-state index in [0.29, 0.717) is 23.6 Å². The molecule has 0 nitrogen and oxygen atoms in total. The quantitative estimate of drug-likeness (QED) is 0.615. The Balaban J connectivity index is 4.15. The van der Waals surface area contributed by atoms with Gasteiger partial charge in [-0.1, -0.05) is 13.8 Å². The van der Waals surface area contributed by atoms with E-state index in [1.165, 1.54) is 0 Å². The predicted octanol–water partition coefficient (Wildman–Crippen LogP) is 3.35. The van der Waals surface area contributed by atoms with Crippen molar-refractivity contribution in [3.8, 4) is 0 Å². The smallest absolute Gasteiger partial charge is 0.0305 e. The Labute approximate surface area is 77.8 Å². The second kappa shape index (κ2) is 4.69. The van der Waals surface area contributed by atoms with Gasteiger partial charge in [0.15, 0.2) is 0 Å². The van der Waals surface area contributed by atoms with Crippen LogP contribution in [0.1, 0.15) is 13.8 Å². The molecule has 0 spiro atoms. The van der Waals surface area contributed by atoms with Crippen LogP contribution in [0.2, 0.25) is 0 Å². The summed E-state index contributed by atoms with van der Waals surface area (Å²) in [4.78, 5) is 0. The molecule has 3 heteroatoms. The molecule has 0 aliphatic heterocycles. The fourth-order valence-corrected chi connectivity index (χ4v) is 2.35. The molecule has 0 saturated heterocycles. The van der Waals surface area contributed by atoms with Crippen LogP contribution >= 0.6 is 34.8 Å². The van der Waals surface area contributed by atoms with Crippen LogP contribution in [-0.4, -0.2) is 17.6 Å². The zero-order valence-corrected chi connectivity index (χ0v) is 8.60. The van der Waals surface area contributed by atoms with Crippen LogP contribution in [0.4, 0.5) is 0 Å². The summed E-state index contributed by atoms with van der Waals surface area (Å²) in [6.45, 7) is 4.18. The van der Waals surface area contributed by atoms with Crippen molar-refractivity contribution in [2.24, 2.45) is 11.3 Å². The lowest BCUT2D eigenvalue weighted by molar-refractivity contribution is 0.300. The summed E-state index contributed by atoms with van der Waals surface area (Å²) < 4.78 is 0. The van der Waals surface area contributed by atoms with Crippen LogP contribution in [0.5, 0.6) is 0 Å². The predicted molar refractivity (Wildman–Crippen MR) is 49.4 cm³/mol. The van der Waals surface area contributed by atoms with Gasteiger partial charge in [0.25, 0.3) is 0 Å². The average molecular weight is 204 g/mol.